The van der Waals surface area contributed by atoms with Crippen molar-refractivity contribution in [2.75, 3.05) is 5.32 Å². The second-order valence-electron chi connectivity index (χ2n) is 4.57. The number of hydrogen-bond acceptors (Lipinski definition) is 4. The van der Waals surface area contributed by atoms with E-state index in [4.69, 9.17) is 4.52 Å². The predicted octanol–water partition coefficient (Wildman–Crippen LogP) is 3.88. The average Bonchev–Trinajstić information content (AvgIpc) is 2.77. The van der Waals surface area contributed by atoms with E-state index >= 15 is 0 Å². The Hall–Kier alpha value is -2.05. The van der Waals surface area contributed by atoms with Crippen molar-refractivity contribution in [3.63, 3.8) is 0 Å². The first-order valence-electron chi connectivity index (χ1n) is 6.02. The quantitative estimate of drug-likeness (QED) is 0.929. The van der Waals surface area contributed by atoms with Crippen LogP contribution in [0.25, 0.3) is 0 Å². The molecule has 108 valence electrons. The maximum atomic E-state index is 12.8. The van der Waals surface area contributed by atoms with Crippen LogP contribution >= 0.6 is 0 Å². The van der Waals surface area contributed by atoms with Gasteiger partial charge in [-0.25, -0.2) is 0 Å². The van der Waals surface area contributed by atoms with E-state index in [1.807, 2.05) is 0 Å². The molecule has 1 aromatic carbocycles. The number of nitrogens with one attached hydrogen (secondary N) is 1. The molecule has 0 spiro atoms. The molecule has 0 aliphatic carbocycles. The minimum absolute atomic E-state index is 0.185. The van der Waals surface area contributed by atoms with Crippen LogP contribution in [0.2, 0.25) is 0 Å². The third-order valence-corrected chi connectivity index (χ3v) is 2.84. The van der Waals surface area contributed by atoms with E-state index in [2.05, 4.69) is 15.5 Å². The van der Waals surface area contributed by atoms with Gasteiger partial charge in [0.25, 0.3) is 0 Å². The lowest BCUT2D eigenvalue weighted by Crippen LogP contribution is -2.11. The summed E-state index contributed by atoms with van der Waals surface area (Å²) >= 11 is 0. The molecule has 1 aromatic heterocycles. The lowest BCUT2D eigenvalue weighted by Gasteiger charge is -2.15. The van der Waals surface area contributed by atoms with Gasteiger partial charge in [-0.2, -0.15) is 18.2 Å². The highest BCUT2D eigenvalue weighted by Gasteiger charge is 2.32. The highest BCUT2D eigenvalue weighted by atomic mass is 19.4. The van der Waals surface area contributed by atoms with Gasteiger partial charge in [-0.3, -0.25) is 0 Å². The van der Waals surface area contributed by atoms with Crippen LogP contribution in [0.3, 0.4) is 0 Å². The van der Waals surface area contributed by atoms with Gasteiger partial charge in [-0.05, 0) is 38.5 Å². The van der Waals surface area contributed by atoms with Crippen LogP contribution in [0.1, 0.15) is 35.8 Å². The van der Waals surface area contributed by atoms with Gasteiger partial charge >= 0.3 is 6.18 Å². The number of aryl methyl sites for hydroxylation is 2. The Morgan fingerprint density at radius 2 is 1.95 bits per heavy atom. The number of anilines is 1. The number of alkyl halides is 3. The lowest BCUT2D eigenvalue weighted by molar-refractivity contribution is -0.138. The maximum absolute atomic E-state index is 12.8. The van der Waals surface area contributed by atoms with Crippen molar-refractivity contribution in [1.29, 1.82) is 0 Å². The third-order valence-electron chi connectivity index (χ3n) is 2.84. The summed E-state index contributed by atoms with van der Waals surface area (Å²) in [4.78, 5) is 4.03. The number of hydrogen-bond donors (Lipinski definition) is 1. The molecular formula is C13H14F3N3O. The summed E-state index contributed by atoms with van der Waals surface area (Å²) in [6, 6.07) is 3.72. The monoisotopic (exact) mass is 285 g/mol. The van der Waals surface area contributed by atoms with E-state index in [9.17, 15) is 13.2 Å². The molecule has 1 N–H and O–H groups in total. The molecule has 2 aromatic rings. The molecule has 0 radical (unpaired) electrons. The molecule has 0 aliphatic heterocycles. The molecule has 1 atom stereocenters. The fourth-order valence-corrected chi connectivity index (χ4v) is 1.82. The smallest absolute Gasteiger partial charge is 0.374 e. The summed E-state index contributed by atoms with van der Waals surface area (Å²) in [5.41, 5.74) is -0.118. The number of aromatic nitrogens is 2. The number of rotatable bonds is 3. The van der Waals surface area contributed by atoms with Gasteiger partial charge in [-0.15, -0.1) is 0 Å². The molecule has 20 heavy (non-hydrogen) atoms. The van der Waals surface area contributed by atoms with E-state index in [1.165, 1.54) is 13.0 Å². The van der Waals surface area contributed by atoms with Gasteiger partial charge in [0.15, 0.2) is 5.82 Å². The number of nitrogens with zero attached hydrogens (tertiary/aromatic N) is 2. The van der Waals surface area contributed by atoms with Crippen molar-refractivity contribution in [2.45, 2.75) is 33.0 Å². The van der Waals surface area contributed by atoms with Gasteiger partial charge in [0.1, 0.15) is 6.04 Å². The fraction of sp³-hybridized carbons (Fsp3) is 0.385. The Labute approximate surface area is 114 Å². The molecular weight excluding hydrogens is 271 g/mol. The zero-order chi connectivity index (χ0) is 14.9. The molecule has 0 bridgehead atoms. The zero-order valence-electron chi connectivity index (χ0n) is 11.2. The summed E-state index contributed by atoms with van der Waals surface area (Å²) < 4.78 is 43.4. The largest absolute Gasteiger partial charge is 0.416 e. The first kappa shape index (κ1) is 14.4. The van der Waals surface area contributed by atoms with Crippen molar-refractivity contribution in [3.05, 3.63) is 41.0 Å². The Bertz CT molecular complexity index is 607. The molecule has 0 aliphatic rings. The molecule has 1 unspecified atom stereocenters. The third kappa shape index (κ3) is 3.09. The highest BCUT2D eigenvalue weighted by molar-refractivity contribution is 5.50. The summed E-state index contributed by atoms with van der Waals surface area (Å²) in [6.07, 6.45) is -4.37. The fourth-order valence-electron chi connectivity index (χ4n) is 1.82. The van der Waals surface area contributed by atoms with E-state index in [1.54, 1.807) is 19.9 Å². The van der Waals surface area contributed by atoms with Crippen molar-refractivity contribution < 1.29 is 17.7 Å². The second-order valence-corrected chi connectivity index (χ2v) is 4.57. The Morgan fingerprint density at radius 1 is 1.25 bits per heavy atom. The maximum Gasteiger partial charge on any atom is 0.416 e. The molecule has 7 heteroatoms. The van der Waals surface area contributed by atoms with Gasteiger partial charge in [0, 0.05) is 5.69 Å². The van der Waals surface area contributed by atoms with E-state index in [-0.39, 0.29) is 11.6 Å². The van der Waals surface area contributed by atoms with Crippen molar-refractivity contribution in [3.8, 4) is 0 Å². The van der Waals surface area contributed by atoms with Crippen LogP contribution in [-0.4, -0.2) is 10.1 Å². The average molecular weight is 285 g/mol. The molecule has 0 saturated heterocycles. The Morgan fingerprint density at radius 3 is 2.50 bits per heavy atom. The molecule has 0 amide bonds. The first-order chi connectivity index (χ1) is 9.27. The molecule has 0 saturated carbocycles. The second kappa shape index (κ2) is 5.15. The molecule has 1 heterocycles. The van der Waals surface area contributed by atoms with Crippen molar-refractivity contribution in [2.24, 2.45) is 0 Å². The highest BCUT2D eigenvalue weighted by Crippen LogP contribution is 2.34. The van der Waals surface area contributed by atoms with Crippen LogP contribution in [0.15, 0.2) is 22.7 Å². The summed E-state index contributed by atoms with van der Waals surface area (Å²) in [6.45, 7) is 4.84. The van der Waals surface area contributed by atoms with Crippen LogP contribution in [0.5, 0.6) is 0 Å². The van der Waals surface area contributed by atoms with Crippen molar-refractivity contribution in [1.82, 2.24) is 10.1 Å². The van der Waals surface area contributed by atoms with Gasteiger partial charge in [-0.1, -0.05) is 11.2 Å². The van der Waals surface area contributed by atoms with Crippen molar-refractivity contribution >= 4 is 5.69 Å². The minimum Gasteiger partial charge on any atom is -0.374 e. The molecule has 4 nitrogen and oxygen atoms in total. The number of benzene rings is 1. The lowest BCUT2D eigenvalue weighted by atomic mass is 10.1. The number of halogens is 3. The summed E-state index contributed by atoms with van der Waals surface area (Å²) in [5.74, 6) is 0.810. The van der Waals surface area contributed by atoms with Gasteiger partial charge < -0.3 is 9.84 Å². The minimum atomic E-state index is -4.37. The van der Waals surface area contributed by atoms with Crippen LogP contribution in [0.4, 0.5) is 18.9 Å². The molecule has 2 rings (SSSR count). The standard InChI is InChI=1S/C13H14F3N3O/c1-7-4-5-10(6-11(7)13(14,15)16)17-8(2)12-18-9(3)19-20-12/h4-6,8,17H,1-3H3. The van der Waals surface area contributed by atoms with Gasteiger partial charge in [0.05, 0.1) is 5.56 Å². The van der Waals surface area contributed by atoms with Gasteiger partial charge in [0.2, 0.25) is 5.89 Å². The summed E-state index contributed by atoms with van der Waals surface area (Å²) in [5, 5.41) is 6.56. The zero-order valence-corrected chi connectivity index (χ0v) is 11.2. The van der Waals surface area contributed by atoms with Crippen LogP contribution in [-0.2, 0) is 6.18 Å². The first-order valence-corrected chi connectivity index (χ1v) is 6.02. The van der Waals surface area contributed by atoms with Crippen LogP contribution in [0, 0.1) is 13.8 Å². The van der Waals surface area contributed by atoms with Crippen LogP contribution < -0.4 is 5.32 Å². The normalized spacial score (nSPS) is 13.3. The summed E-state index contributed by atoms with van der Waals surface area (Å²) in [7, 11) is 0. The van der Waals surface area contributed by atoms with E-state index < -0.39 is 11.7 Å². The SMILES string of the molecule is Cc1noc(C(C)Nc2ccc(C)c(C(F)(F)F)c2)n1. The topological polar surface area (TPSA) is 51.0 Å². The molecule has 0 fully saturated rings. The Kier molecular flexibility index (Phi) is 3.69. The predicted molar refractivity (Wildman–Crippen MR) is 67.3 cm³/mol. The van der Waals surface area contributed by atoms with E-state index in [0.717, 1.165) is 6.07 Å². The Balaban J connectivity index is 2.22. The van der Waals surface area contributed by atoms with E-state index in [0.29, 0.717) is 17.4 Å².